The van der Waals surface area contributed by atoms with Gasteiger partial charge < -0.3 is 19.7 Å². The summed E-state index contributed by atoms with van der Waals surface area (Å²) < 4.78 is 10.1. The maximum atomic E-state index is 8.69. The fourth-order valence-corrected chi connectivity index (χ4v) is 0.820. The lowest BCUT2D eigenvalue weighted by Crippen LogP contribution is -2.19. The second-order valence-electron chi connectivity index (χ2n) is 4.55. The van der Waals surface area contributed by atoms with Crippen molar-refractivity contribution >= 4 is 0 Å². The SMILES string of the molecule is CC(O)COC(C)CO.CCOCCC(C)C. The van der Waals surface area contributed by atoms with Crippen molar-refractivity contribution in [1.29, 1.82) is 0 Å². The molecule has 2 N–H and O–H groups in total. The number of hydrogen-bond acceptors (Lipinski definition) is 4. The Morgan fingerprint density at radius 1 is 1.12 bits per heavy atom. The van der Waals surface area contributed by atoms with Crippen LogP contribution in [0.25, 0.3) is 0 Å². The van der Waals surface area contributed by atoms with Crippen LogP contribution in [0.15, 0.2) is 0 Å². The van der Waals surface area contributed by atoms with E-state index in [1.54, 1.807) is 13.8 Å². The molecule has 0 spiro atoms. The molecule has 17 heavy (non-hydrogen) atoms. The van der Waals surface area contributed by atoms with Crippen molar-refractivity contribution in [3.63, 3.8) is 0 Å². The molecule has 0 aliphatic heterocycles. The van der Waals surface area contributed by atoms with Gasteiger partial charge in [0.25, 0.3) is 0 Å². The van der Waals surface area contributed by atoms with Crippen molar-refractivity contribution in [3.05, 3.63) is 0 Å². The van der Waals surface area contributed by atoms with E-state index in [-0.39, 0.29) is 12.7 Å². The highest BCUT2D eigenvalue weighted by molar-refractivity contribution is 4.47. The Kier molecular flexibility index (Phi) is 15.7. The molecule has 0 aromatic heterocycles. The van der Waals surface area contributed by atoms with Crippen molar-refractivity contribution in [2.24, 2.45) is 5.92 Å². The van der Waals surface area contributed by atoms with Crippen molar-refractivity contribution in [1.82, 2.24) is 0 Å². The van der Waals surface area contributed by atoms with Crippen LogP contribution in [0.2, 0.25) is 0 Å². The molecule has 0 fully saturated rings. The maximum Gasteiger partial charge on any atom is 0.0779 e. The molecular formula is C13H30O4. The Balaban J connectivity index is 0. The van der Waals surface area contributed by atoms with Crippen LogP contribution in [0.4, 0.5) is 0 Å². The second kappa shape index (κ2) is 13.9. The molecule has 0 aliphatic carbocycles. The highest BCUT2D eigenvalue weighted by atomic mass is 16.5. The molecule has 0 saturated heterocycles. The third kappa shape index (κ3) is 21.6. The summed E-state index contributed by atoms with van der Waals surface area (Å²) in [5.41, 5.74) is 0. The average molecular weight is 250 g/mol. The number of aliphatic hydroxyl groups is 2. The molecule has 0 aliphatic rings. The third-order valence-electron chi connectivity index (χ3n) is 1.92. The smallest absolute Gasteiger partial charge is 0.0779 e. The van der Waals surface area contributed by atoms with Gasteiger partial charge in [-0.05, 0) is 33.1 Å². The van der Waals surface area contributed by atoms with Crippen LogP contribution < -0.4 is 0 Å². The van der Waals surface area contributed by atoms with E-state index >= 15 is 0 Å². The van der Waals surface area contributed by atoms with E-state index in [4.69, 9.17) is 19.7 Å². The predicted molar refractivity (Wildman–Crippen MR) is 70.1 cm³/mol. The minimum absolute atomic E-state index is 0.00667. The average Bonchev–Trinajstić information content (AvgIpc) is 2.26. The van der Waals surface area contributed by atoms with Gasteiger partial charge in [0.05, 0.1) is 25.4 Å². The topological polar surface area (TPSA) is 58.9 Å². The van der Waals surface area contributed by atoms with Crippen LogP contribution in [0.5, 0.6) is 0 Å². The first kappa shape index (κ1) is 19.2. The molecule has 106 valence electrons. The van der Waals surface area contributed by atoms with Gasteiger partial charge in [0.15, 0.2) is 0 Å². The summed E-state index contributed by atoms with van der Waals surface area (Å²) in [6.45, 7) is 11.9. The molecular weight excluding hydrogens is 220 g/mol. The first-order valence-corrected chi connectivity index (χ1v) is 6.42. The fraction of sp³-hybridized carbons (Fsp3) is 1.00. The van der Waals surface area contributed by atoms with Gasteiger partial charge in [0.1, 0.15) is 0 Å². The highest BCUT2D eigenvalue weighted by Gasteiger charge is 2.00. The first-order chi connectivity index (χ1) is 7.93. The molecule has 2 atom stereocenters. The minimum atomic E-state index is -0.445. The number of aliphatic hydroxyl groups excluding tert-OH is 2. The van der Waals surface area contributed by atoms with Gasteiger partial charge in [-0.25, -0.2) is 0 Å². The van der Waals surface area contributed by atoms with Crippen LogP contribution >= 0.6 is 0 Å². The summed E-state index contributed by atoms with van der Waals surface area (Å²) in [6.07, 6.45) is 0.576. The van der Waals surface area contributed by atoms with E-state index in [2.05, 4.69) is 13.8 Å². The monoisotopic (exact) mass is 250 g/mol. The largest absolute Gasteiger partial charge is 0.394 e. The van der Waals surface area contributed by atoms with Gasteiger partial charge >= 0.3 is 0 Å². The van der Waals surface area contributed by atoms with Gasteiger partial charge in [0, 0.05) is 13.2 Å². The van der Waals surface area contributed by atoms with Crippen LogP contribution in [0.3, 0.4) is 0 Å². The molecule has 2 unspecified atom stereocenters. The fourth-order valence-electron chi connectivity index (χ4n) is 0.820. The third-order valence-corrected chi connectivity index (χ3v) is 1.92. The van der Waals surface area contributed by atoms with Gasteiger partial charge in [0.2, 0.25) is 0 Å². The van der Waals surface area contributed by atoms with E-state index in [1.165, 1.54) is 6.42 Å². The zero-order valence-corrected chi connectivity index (χ0v) is 12.0. The van der Waals surface area contributed by atoms with E-state index in [0.29, 0.717) is 6.61 Å². The molecule has 0 rings (SSSR count). The van der Waals surface area contributed by atoms with E-state index in [1.807, 2.05) is 6.92 Å². The molecule has 0 radical (unpaired) electrons. The van der Waals surface area contributed by atoms with Crippen molar-refractivity contribution in [2.75, 3.05) is 26.4 Å². The quantitative estimate of drug-likeness (QED) is 0.645. The van der Waals surface area contributed by atoms with Gasteiger partial charge in [-0.2, -0.15) is 0 Å². The van der Waals surface area contributed by atoms with Crippen molar-refractivity contribution in [3.8, 4) is 0 Å². The molecule has 0 bridgehead atoms. The standard InChI is InChI=1S/C7H16O.C6H14O3/c1-4-8-6-5-7(2)3;1-5(8)4-9-6(2)3-7/h7H,4-6H2,1-3H3;5-8H,3-4H2,1-2H3. The molecule has 0 aromatic carbocycles. The van der Waals surface area contributed by atoms with Crippen LogP contribution in [0, 0.1) is 5.92 Å². The summed E-state index contributed by atoms with van der Waals surface area (Å²) in [7, 11) is 0. The van der Waals surface area contributed by atoms with Crippen LogP contribution in [-0.2, 0) is 9.47 Å². The Labute approximate surface area is 106 Å². The van der Waals surface area contributed by atoms with Gasteiger partial charge in [-0.1, -0.05) is 13.8 Å². The zero-order chi connectivity index (χ0) is 13.7. The summed E-state index contributed by atoms with van der Waals surface area (Å²) in [4.78, 5) is 0. The van der Waals surface area contributed by atoms with Crippen molar-refractivity contribution in [2.45, 2.75) is 53.2 Å². The summed E-state index contributed by atoms with van der Waals surface area (Å²) in [6, 6.07) is 0. The number of hydrogen-bond donors (Lipinski definition) is 2. The second-order valence-corrected chi connectivity index (χ2v) is 4.55. The minimum Gasteiger partial charge on any atom is -0.394 e. The molecule has 0 aromatic rings. The molecule has 0 heterocycles. The lowest BCUT2D eigenvalue weighted by atomic mass is 10.1. The van der Waals surface area contributed by atoms with E-state index < -0.39 is 6.10 Å². The highest BCUT2D eigenvalue weighted by Crippen LogP contribution is 1.97. The normalized spacial score (nSPS) is 14.1. The molecule has 0 amide bonds. The van der Waals surface area contributed by atoms with Gasteiger partial charge in [-0.3, -0.25) is 0 Å². The Morgan fingerprint density at radius 2 is 1.71 bits per heavy atom. The molecule has 0 saturated carbocycles. The molecule has 4 heteroatoms. The summed E-state index contributed by atoms with van der Waals surface area (Å²) in [5, 5.41) is 17.1. The Morgan fingerprint density at radius 3 is 2.06 bits per heavy atom. The lowest BCUT2D eigenvalue weighted by Gasteiger charge is -2.10. The van der Waals surface area contributed by atoms with Crippen LogP contribution in [0.1, 0.15) is 41.0 Å². The summed E-state index contributed by atoms with van der Waals surface area (Å²) >= 11 is 0. The number of ether oxygens (including phenoxy) is 2. The maximum absolute atomic E-state index is 8.69. The Hall–Kier alpha value is -0.160. The first-order valence-electron chi connectivity index (χ1n) is 6.42. The Bertz CT molecular complexity index is 137. The van der Waals surface area contributed by atoms with E-state index in [9.17, 15) is 0 Å². The molecule has 4 nitrogen and oxygen atoms in total. The van der Waals surface area contributed by atoms with Crippen molar-refractivity contribution < 1.29 is 19.7 Å². The number of rotatable bonds is 8. The van der Waals surface area contributed by atoms with E-state index in [0.717, 1.165) is 19.1 Å². The lowest BCUT2D eigenvalue weighted by molar-refractivity contribution is -0.0177. The van der Waals surface area contributed by atoms with Crippen LogP contribution in [-0.4, -0.2) is 48.8 Å². The van der Waals surface area contributed by atoms with Gasteiger partial charge in [-0.15, -0.1) is 0 Å². The summed E-state index contributed by atoms with van der Waals surface area (Å²) in [5.74, 6) is 0.779. The zero-order valence-electron chi connectivity index (χ0n) is 12.0. The predicted octanol–water partition coefficient (Wildman–Crippen LogP) is 1.83.